The lowest BCUT2D eigenvalue weighted by Gasteiger charge is -2.11. The molecule has 1 N–H and O–H groups in total. The van der Waals surface area contributed by atoms with E-state index in [0.29, 0.717) is 10.6 Å². The van der Waals surface area contributed by atoms with E-state index in [9.17, 15) is 9.59 Å². The van der Waals surface area contributed by atoms with Gasteiger partial charge in [0, 0.05) is 11.0 Å². The maximum absolute atomic E-state index is 12.7. The molecule has 0 aliphatic heterocycles. The summed E-state index contributed by atoms with van der Waals surface area (Å²) < 4.78 is 10.6. The molecule has 29 heavy (non-hydrogen) atoms. The number of benzene rings is 1. The minimum absolute atomic E-state index is 0.206. The largest absolute Gasteiger partial charge is 0.497 e. The number of amides is 1. The van der Waals surface area contributed by atoms with Crippen LogP contribution in [-0.4, -0.2) is 25.1 Å². The first-order valence-corrected chi connectivity index (χ1v) is 10.8. The molecular weight excluding hydrogens is 386 g/mol. The van der Waals surface area contributed by atoms with Crippen molar-refractivity contribution in [2.45, 2.75) is 52.1 Å². The number of hydrogen-bond donors (Lipinski definition) is 1. The summed E-state index contributed by atoms with van der Waals surface area (Å²) in [5, 5.41) is 3.49. The Morgan fingerprint density at radius 3 is 2.52 bits per heavy atom. The first-order chi connectivity index (χ1) is 14.0. The third kappa shape index (κ3) is 5.48. The molecule has 1 heterocycles. The number of esters is 1. The van der Waals surface area contributed by atoms with Gasteiger partial charge in [-0.2, -0.15) is 0 Å². The molecule has 3 rings (SSSR count). The van der Waals surface area contributed by atoms with Crippen LogP contribution in [0.25, 0.3) is 6.08 Å². The summed E-state index contributed by atoms with van der Waals surface area (Å²) in [5.41, 5.74) is 2.47. The first kappa shape index (κ1) is 21.1. The Balaban J connectivity index is 1.80. The number of thiophene rings is 1. The summed E-state index contributed by atoms with van der Waals surface area (Å²) in [7, 11) is 1.61. The van der Waals surface area contributed by atoms with Crippen molar-refractivity contribution in [3.05, 3.63) is 51.9 Å². The number of nitrogens with one attached hydrogen (secondary N) is 1. The average Bonchev–Trinajstić information content (AvgIpc) is 2.86. The number of ether oxygens (including phenoxy) is 2. The van der Waals surface area contributed by atoms with Crippen LogP contribution in [0.3, 0.4) is 0 Å². The molecule has 154 valence electrons. The molecule has 0 saturated carbocycles. The van der Waals surface area contributed by atoms with Gasteiger partial charge in [-0.1, -0.05) is 18.6 Å². The molecule has 1 aromatic carbocycles. The summed E-state index contributed by atoms with van der Waals surface area (Å²) >= 11 is 1.50. The highest BCUT2D eigenvalue weighted by Crippen LogP contribution is 2.38. The topological polar surface area (TPSA) is 64.6 Å². The lowest BCUT2D eigenvalue weighted by molar-refractivity contribution is -0.111. The van der Waals surface area contributed by atoms with Gasteiger partial charge in [0.15, 0.2) is 0 Å². The van der Waals surface area contributed by atoms with Crippen molar-refractivity contribution in [3.8, 4) is 5.75 Å². The molecule has 1 aromatic heterocycles. The van der Waals surface area contributed by atoms with Crippen LogP contribution in [0.4, 0.5) is 5.00 Å². The smallest absolute Gasteiger partial charge is 0.341 e. The Kier molecular flexibility index (Phi) is 7.09. The second kappa shape index (κ2) is 9.74. The predicted octanol–water partition coefficient (Wildman–Crippen LogP) is 5.24. The van der Waals surface area contributed by atoms with E-state index in [1.54, 1.807) is 13.2 Å². The van der Waals surface area contributed by atoms with Gasteiger partial charge in [-0.05, 0) is 68.9 Å². The number of rotatable bonds is 6. The number of anilines is 1. The Labute approximate surface area is 175 Å². The van der Waals surface area contributed by atoms with Gasteiger partial charge in [0.25, 0.3) is 0 Å². The number of fused-ring (bicyclic) bond motifs is 1. The fourth-order valence-corrected chi connectivity index (χ4v) is 4.64. The molecule has 1 aliphatic rings. The molecular formula is C23H27NO4S. The van der Waals surface area contributed by atoms with Crippen molar-refractivity contribution in [2.75, 3.05) is 12.4 Å². The monoisotopic (exact) mass is 413 g/mol. The maximum atomic E-state index is 12.7. The lowest BCUT2D eigenvalue weighted by Crippen LogP contribution is -2.16. The molecule has 0 radical (unpaired) electrons. The second-order valence-corrected chi connectivity index (χ2v) is 8.42. The Bertz CT molecular complexity index is 896. The molecule has 0 spiro atoms. The van der Waals surface area contributed by atoms with Gasteiger partial charge in [0.1, 0.15) is 10.8 Å². The van der Waals surface area contributed by atoms with Gasteiger partial charge < -0.3 is 14.8 Å². The first-order valence-electron chi connectivity index (χ1n) is 9.96. The molecule has 0 atom stereocenters. The van der Waals surface area contributed by atoms with E-state index in [4.69, 9.17) is 9.47 Å². The third-order valence-electron chi connectivity index (χ3n) is 4.75. The summed E-state index contributed by atoms with van der Waals surface area (Å²) in [6, 6.07) is 7.44. The normalized spacial score (nSPS) is 13.8. The second-order valence-electron chi connectivity index (χ2n) is 7.32. The van der Waals surface area contributed by atoms with Crippen LogP contribution in [0.15, 0.2) is 30.3 Å². The van der Waals surface area contributed by atoms with Gasteiger partial charge >= 0.3 is 5.97 Å². The van der Waals surface area contributed by atoms with Gasteiger partial charge in [-0.3, -0.25) is 4.79 Å². The highest BCUT2D eigenvalue weighted by molar-refractivity contribution is 7.17. The van der Waals surface area contributed by atoms with Crippen LogP contribution < -0.4 is 10.1 Å². The van der Waals surface area contributed by atoms with Crippen LogP contribution in [0.2, 0.25) is 0 Å². The molecule has 6 heteroatoms. The van der Waals surface area contributed by atoms with E-state index in [-0.39, 0.29) is 18.0 Å². The van der Waals surface area contributed by atoms with Gasteiger partial charge in [-0.15, -0.1) is 11.3 Å². The van der Waals surface area contributed by atoms with Crippen molar-refractivity contribution < 1.29 is 19.1 Å². The van der Waals surface area contributed by atoms with Crippen LogP contribution in [0.5, 0.6) is 5.75 Å². The van der Waals surface area contributed by atoms with E-state index in [1.807, 2.05) is 38.1 Å². The molecule has 1 amide bonds. The number of methoxy groups -OCH3 is 1. The molecule has 0 saturated heterocycles. The molecule has 0 fully saturated rings. The van der Waals surface area contributed by atoms with E-state index in [2.05, 4.69) is 5.32 Å². The van der Waals surface area contributed by atoms with Crippen molar-refractivity contribution in [2.24, 2.45) is 0 Å². The van der Waals surface area contributed by atoms with Crippen molar-refractivity contribution >= 4 is 34.3 Å². The maximum Gasteiger partial charge on any atom is 0.341 e. The number of hydrogen-bond acceptors (Lipinski definition) is 5. The third-order valence-corrected chi connectivity index (χ3v) is 5.96. The molecule has 1 aliphatic carbocycles. The summed E-state index contributed by atoms with van der Waals surface area (Å²) in [4.78, 5) is 26.5. The van der Waals surface area contributed by atoms with Crippen molar-refractivity contribution in [1.82, 2.24) is 0 Å². The summed E-state index contributed by atoms with van der Waals surface area (Å²) in [6.45, 7) is 3.66. The SMILES string of the molecule is COc1ccc(C=CC(=O)Nc2sc3c(c2C(=O)OC(C)C)CCCCC3)cc1. The molecule has 2 aromatic rings. The van der Waals surface area contributed by atoms with E-state index >= 15 is 0 Å². The minimum Gasteiger partial charge on any atom is -0.497 e. The van der Waals surface area contributed by atoms with Crippen molar-refractivity contribution in [1.29, 1.82) is 0 Å². The number of aryl methyl sites for hydroxylation is 1. The van der Waals surface area contributed by atoms with Crippen LogP contribution >= 0.6 is 11.3 Å². The highest BCUT2D eigenvalue weighted by atomic mass is 32.1. The average molecular weight is 414 g/mol. The zero-order valence-corrected chi connectivity index (χ0v) is 17.9. The molecule has 0 bridgehead atoms. The minimum atomic E-state index is -0.353. The Morgan fingerprint density at radius 2 is 1.83 bits per heavy atom. The van der Waals surface area contributed by atoms with Gasteiger partial charge in [-0.25, -0.2) is 4.79 Å². The summed E-state index contributed by atoms with van der Waals surface area (Å²) in [6.07, 6.45) is 8.12. The fourth-order valence-electron chi connectivity index (χ4n) is 3.36. The Hall–Kier alpha value is -2.60. The zero-order chi connectivity index (χ0) is 20.8. The van der Waals surface area contributed by atoms with E-state index < -0.39 is 0 Å². The Morgan fingerprint density at radius 1 is 1.10 bits per heavy atom. The van der Waals surface area contributed by atoms with Crippen LogP contribution in [0, 0.1) is 0 Å². The van der Waals surface area contributed by atoms with E-state index in [0.717, 1.165) is 49.0 Å². The van der Waals surface area contributed by atoms with Crippen molar-refractivity contribution in [3.63, 3.8) is 0 Å². The fraction of sp³-hybridized carbons (Fsp3) is 0.391. The van der Waals surface area contributed by atoms with Crippen LogP contribution in [0.1, 0.15) is 59.5 Å². The highest BCUT2D eigenvalue weighted by Gasteiger charge is 2.26. The van der Waals surface area contributed by atoms with Gasteiger partial charge in [0.05, 0.1) is 18.8 Å². The lowest BCUT2D eigenvalue weighted by atomic mass is 10.1. The number of carbonyl (C=O) groups is 2. The van der Waals surface area contributed by atoms with Crippen LogP contribution in [-0.2, 0) is 22.4 Å². The molecule has 5 nitrogen and oxygen atoms in total. The quantitative estimate of drug-likeness (QED) is 0.399. The summed E-state index contributed by atoms with van der Waals surface area (Å²) in [5.74, 6) is 0.143. The van der Waals surface area contributed by atoms with Gasteiger partial charge in [0.2, 0.25) is 5.91 Å². The molecule has 0 unspecified atom stereocenters. The predicted molar refractivity (Wildman–Crippen MR) is 117 cm³/mol. The zero-order valence-electron chi connectivity index (χ0n) is 17.1. The number of carbonyl (C=O) groups excluding carboxylic acids is 2. The van der Waals surface area contributed by atoms with E-state index in [1.165, 1.54) is 22.3 Å². The standard InChI is InChI=1S/C23H27NO4S/c1-15(2)28-23(26)21-18-7-5-4-6-8-19(18)29-22(21)24-20(25)14-11-16-9-12-17(27-3)13-10-16/h9-15H,4-8H2,1-3H3,(H,24,25).